The maximum absolute atomic E-state index is 10.4. The zero-order valence-corrected chi connectivity index (χ0v) is 8.26. The zero-order chi connectivity index (χ0) is 8.43. The molecule has 1 heterocycles. The van der Waals surface area contributed by atoms with E-state index in [2.05, 4.69) is 10.3 Å². The van der Waals surface area contributed by atoms with Crippen LogP contribution in [0.3, 0.4) is 0 Å². The molecule has 8 heteroatoms. The molecule has 0 spiro atoms. The molecule has 0 fully saturated rings. The second kappa shape index (κ2) is 4.19. The average Bonchev–Trinajstić information content (AvgIpc) is 2.33. The molecule has 1 amide bonds. The zero-order valence-electron chi connectivity index (χ0n) is 7.26. The Bertz CT molecular complexity index is 286. The van der Waals surface area contributed by atoms with Crippen LogP contribution < -0.4 is 35.3 Å². The first-order valence-electron chi connectivity index (χ1n) is 2.56. The summed E-state index contributed by atoms with van der Waals surface area (Å²) in [6.07, 6.45) is -0.380. The molecule has 0 radical (unpaired) electrons. The van der Waals surface area contributed by atoms with E-state index in [-0.39, 0.29) is 36.7 Å². The van der Waals surface area contributed by atoms with Crippen LogP contribution in [0.2, 0.25) is 0 Å². The van der Waals surface area contributed by atoms with Crippen molar-refractivity contribution in [3.8, 4) is 0 Å². The van der Waals surface area contributed by atoms with Gasteiger partial charge in [-0.1, -0.05) is 5.21 Å². The Morgan fingerprint density at radius 2 is 2.25 bits per heavy atom. The van der Waals surface area contributed by atoms with Gasteiger partial charge in [0.25, 0.3) is 5.91 Å². The topological polar surface area (TPSA) is 111 Å². The van der Waals surface area contributed by atoms with Gasteiger partial charge in [-0.3, -0.25) is 4.79 Å². The molecule has 0 aliphatic carbocycles. The monoisotopic (exact) mass is 180 g/mol. The third kappa shape index (κ3) is 2.29. The Morgan fingerprint density at radius 1 is 1.67 bits per heavy atom. The van der Waals surface area contributed by atoms with E-state index in [1.807, 2.05) is 0 Å². The number of carbonyl (C=O) groups excluding carboxylic acids is 1. The van der Waals surface area contributed by atoms with Gasteiger partial charge in [-0.25, -0.2) is 4.79 Å². The molecule has 0 aromatic carbocycles. The predicted molar refractivity (Wildman–Crippen MR) is 33.1 cm³/mol. The summed E-state index contributed by atoms with van der Waals surface area (Å²) in [6.45, 7) is 0. The summed E-state index contributed by atoms with van der Waals surface area (Å²) in [5.41, 5.74) is 4.61. The van der Waals surface area contributed by atoms with Crippen molar-refractivity contribution in [2.45, 2.75) is 0 Å². The Hall–Kier alpha value is -0.920. The van der Waals surface area contributed by atoms with Gasteiger partial charge in [0.15, 0.2) is 5.69 Å². The van der Waals surface area contributed by atoms with Crippen LogP contribution in [0.1, 0.15) is 11.9 Å². The van der Waals surface area contributed by atoms with Crippen molar-refractivity contribution in [3.05, 3.63) is 11.9 Å². The maximum atomic E-state index is 10.4. The van der Waals surface area contributed by atoms with Crippen molar-refractivity contribution in [1.29, 1.82) is 0 Å². The first kappa shape index (κ1) is 11.1. The van der Waals surface area contributed by atoms with Gasteiger partial charge < -0.3 is 12.3 Å². The second-order valence-corrected chi connectivity index (χ2v) is 1.70. The number of carbonyl (C=O) groups is 2. The van der Waals surface area contributed by atoms with Gasteiger partial charge in [-0.2, -0.15) is 4.68 Å². The minimum Gasteiger partial charge on any atom is -1.00 e. The molecule has 0 atom stereocenters. The summed E-state index contributed by atoms with van der Waals surface area (Å²) < 4.78 is 0.500. The maximum Gasteiger partial charge on any atom is 1.00 e. The first-order valence-corrected chi connectivity index (χ1v) is 2.56. The van der Waals surface area contributed by atoms with Gasteiger partial charge >= 0.3 is 35.7 Å². The summed E-state index contributed by atoms with van der Waals surface area (Å²) in [5, 5.41) is 14.6. The summed E-state index contributed by atoms with van der Waals surface area (Å²) >= 11 is 0. The fraction of sp³-hybridized carbons (Fsp3) is 0. The number of carboxylic acid groups (broad SMARTS) is 1. The standard InChI is InChI=1S/C4H4N4O3.Na.H/c5-3(9)2-1-8(4(10)11)7-6-2;;/h1H,(H2,5,9)(H,10,11);;/q;+1;-1. The number of hydrogen-bond donors (Lipinski definition) is 2. The van der Waals surface area contributed by atoms with Crippen molar-refractivity contribution in [1.82, 2.24) is 15.0 Å². The fourth-order valence-electron chi connectivity index (χ4n) is 0.470. The smallest absolute Gasteiger partial charge is 1.00 e. The van der Waals surface area contributed by atoms with Crippen molar-refractivity contribution in [2.75, 3.05) is 0 Å². The minimum absolute atomic E-state index is 0. The molecule has 0 saturated carbocycles. The number of rotatable bonds is 1. The third-order valence-corrected chi connectivity index (χ3v) is 0.942. The van der Waals surface area contributed by atoms with Crippen LogP contribution in [0.25, 0.3) is 0 Å². The molecule has 0 unspecified atom stereocenters. The van der Waals surface area contributed by atoms with E-state index < -0.39 is 12.0 Å². The fourth-order valence-corrected chi connectivity index (χ4v) is 0.470. The summed E-state index contributed by atoms with van der Waals surface area (Å²) in [6, 6.07) is 0. The number of aromatic nitrogens is 3. The van der Waals surface area contributed by atoms with Crippen LogP contribution in [0, 0.1) is 0 Å². The van der Waals surface area contributed by atoms with Crippen LogP contribution in [0.15, 0.2) is 6.20 Å². The Morgan fingerprint density at radius 3 is 2.50 bits per heavy atom. The van der Waals surface area contributed by atoms with Gasteiger partial charge in [0.05, 0.1) is 6.20 Å². The number of nitrogens with two attached hydrogens (primary N) is 1. The van der Waals surface area contributed by atoms with Gasteiger partial charge in [0.1, 0.15) is 0 Å². The Kier molecular flexibility index (Phi) is 3.87. The summed E-state index contributed by atoms with van der Waals surface area (Å²) in [7, 11) is 0. The molecular formula is C4H5N4NaO3. The number of hydrogen-bond acceptors (Lipinski definition) is 4. The Labute approximate surface area is 90.3 Å². The molecule has 1 aromatic heterocycles. The van der Waals surface area contributed by atoms with Crippen molar-refractivity contribution < 1.29 is 45.7 Å². The van der Waals surface area contributed by atoms with E-state index in [1.54, 1.807) is 0 Å². The molecule has 0 aliphatic rings. The quantitative estimate of drug-likeness (QED) is 0.428. The van der Waals surface area contributed by atoms with Crippen molar-refractivity contribution in [2.24, 2.45) is 5.73 Å². The average molecular weight is 180 g/mol. The van der Waals surface area contributed by atoms with Gasteiger partial charge in [0, 0.05) is 0 Å². The molecule has 12 heavy (non-hydrogen) atoms. The number of primary amides is 1. The van der Waals surface area contributed by atoms with Crippen LogP contribution in [-0.2, 0) is 0 Å². The van der Waals surface area contributed by atoms with Gasteiger partial charge in [-0.05, 0) is 0 Å². The SMILES string of the molecule is NC(=O)c1cn(C(=O)O)nn1.[H-].[Na+]. The molecule has 7 nitrogen and oxygen atoms in total. The van der Waals surface area contributed by atoms with Crippen molar-refractivity contribution in [3.63, 3.8) is 0 Å². The van der Waals surface area contributed by atoms with Crippen LogP contribution >= 0.6 is 0 Å². The first-order chi connectivity index (χ1) is 5.11. The molecule has 1 rings (SSSR count). The van der Waals surface area contributed by atoms with Crippen LogP contribution in [-0.4, -0.2) is 32.1 Å². The molecule has 0 saturated heterocycles. The van der Waals surface area contributed by atoms with Crippen LogP contribution in [0.5, 0.6) is 0 Å². The largest absolute Gasteiger partial charge is 1.00 e. The second-order valence-electron chi connectivity index (χ2n) is 1.70. The summed E-state index contributed by atoms with van der Waals surface area (Å²) in [4.78, 5) is 20.5. The molecule has 1 aromatic rings. The van der Waals surface area contributed by atoms with E-state index >= 15 is 0 Å². The minimum atomic E-state index is -1.31. The number of amides is 1. The van der Waals surface area contributed by atoms with Gasteiger partial charge in [0.2, 0.25) is 0 Å². The normalized spacial score (nSPS) is 8.67. The van der Waals surface area contributed by atoms with E-state index in [9.17, 15) is 9.59 Å². The molecule has 3 N–H and O–H groups in total. The van der Waals surface area contributed by atoms with E-state index in [1.165, 1.54) is 0 Å². The van der Waals surface area contributed by atoms with E-state index in [0.29, 0.717) is 4.68 Å². The van der Waals surface area contributed by atoms with Crippen LogP contribution in [0.4, 0.5) is 4.79 Å². The summed E-state index contributed by atoms with van der Waals surface area (Å²) in [5.74, 6) is -0.808. The van der Waals surface area contributed by atoms with E-state index in [0.717, 1.165) is 6.20 Å². The van der Waals surface area contributed by atoms with E-state index in [4.69, 9.17) is 10.8 Å². The Balaban J connectivity index is 0. The third-order valence-electron chi connectivity index (χ3n) is 0.942. The molecule has 0 bridgehead atoms. The molecule has 60 valence electrons. The predicted octanol–water partition coefficient (Wildman–Crippen LogP) is -3.98. The molecular weight excluding hydrogens is 175 g/mol. The van der Waals surface area contributed by atoms with Crippen molar-refractivity contribution >= 4 is 12.0 Å². The molecule has 0 aliphatic heterocycles. The number of nitrogens with zero attached hydrogens (tertiary/aromatic N) is 3. The van der Waals surface area contributed by atoms with Gasteiger partial charge in [-0.15, -0.1) is 5.10 Å².